The number of nitrogens with zero attached hydrogens (tertiary/aromatic N) is 3. The van der Waals surface area contributed by atoms with Crippen LogP contribution >= 0.6 is 0 Å². The molecule has 208 valence electrons. The van der Waals surface area contributed by atoms with Crippen molar-refractivity contribution in [3.05, 3.63) is 95.9 Å². The summed E-state index contributed by atoms with van der Waals surface area (Å²) in [6.07, 6.45) is 6.11. The zero-order chi connectivity index (χ0) is 28.7. The minimum Gasteiger partial charge on any atom is -0.508 e. The van der Waals surface area contributed by atoms with E-state index in [1.54, 1.807) is 24.5 Å². The number of benzene rings is 2. The number of hydrogen-bond acceptors (Lipinski definition) is 6. The molecule has 40 heavy (non-hydrogen) atoms. The van der Waals surface area contributed by atoms with E-state index in [9.17, 15) is 14.7 Å². The first-order chi connectivity index (χ1) is 19.1. The van der Waals surface area contributed by atoms with Crippen LogP contribution in [0.2, 0.25) is 0 Å². The number of nitrogens with two attached hydrogens (primary N) is 1. The number of pyridine rings is 1. The molecule has 2 heterocycles. The molecule has 2 aromatic carbocycles. The second-order valence-corrected chi connectivity index (χ2v) is 11.1. The summed E-state index contributed by atoms with van der Waals surface area (Å²) in [5.74, 6) is -0.698. The lowest BCUT2D eigenvalue weighted by molar-refractivity contribution is -0.131. The lowest BCUT2D eigenvalue weighted by Gasteiger charge is -2.19. The van der Waals surface area contributed by atoms with Crippen LogP contribution in [0.25, 0.3) is 16.9 Å². The highest BCUT2D eigenvalue weighted by Gasteiger charge is 2.18. The minimum absolute atomic E-state index is 0.0659. The molecule has 1 atom stereocenters. The van der Waals surface area contributed by atoms with Crippen LogP contribution in [0.15, 0.2) is 79.1 Å². The van der Waals surface area contributed by atoms with Crippen LogP contribution in [0, 0.1) is 0 Å². The minimum atomic E-state index is -0.846. The van der Waals surface area contributed by atoms with E-state index in [-0.39, 0.29) is 29.9 Å². The largest absolute Gasteiger partial charge is 0.508 e. The number of carbonyl (C=O) groups is 2. The van der Waals surface area contributed by atoms with E-state index in [0.717, 1.165) is 34.6 Å². The maximum absolute atomic E-state index is 12.3. The van der Waals surface area contributed by atoms with Gasteiger partial charge in [0.25, 0.3) is 0 Å². The van der Waals surface area contributed by atoms with E-state index in [0.29, 0.717) is 12.8 Å². The molecule has 0 spiro atoms. The Morgan fingerprint density at radius 2 is 1.65 bits per heavy atom. The highest BCUT2D eigenvalue weighted by atomic mass is 16.3. The molecular weight excluding hydrogens is 502 g/mol. The molecule has 0 bridgehead atoms. The van der Waals surface area contributed by atoms with Crippen LogP contribution in [-0.4, -0.2) is 37.7 Å². The SMILES string of the molecule is CC(C)(C)c1ccc(-n2nc(CCCCC(=O)NC(=O)C(N)Cc3ccc(O)cc3)cc2-c2ccncc2)cc1. The van der Waals surface area contributed by atoms with Crippen LogP contribution in [0.5, 0.6) is 5.75 Å². The molecule has 2 aromatic heterocycles. The number of aromatic nitrogens is 3. The number of rotatable bonds is 10. The first-order valence-corrected chi connectivity index (χ1v) is 13.6. The van der Waals surface area contributed by atoms with Crippen LogP contribution in [-0.2, 0) is 27.8 Å². The van der Waals surface area contributed by atoms with Gasteiger partial charge in [-0.25, -0.2) is 4.68 Å². The normalized spacial score (nSPS) is 12.2. The summed E-state index contributed by atoms with van der Waals surface area (Å²) >= 11 is 0. The average molecular weight is 540 g/mol. The first kappa shape index (κ1) is 28.7. The van der Waals surface area contributed by atoms with Crippen molar-refractivity contribution in [2.75, 3.05) is 0 Å². The molecule has 0 aliphatic heterocycles. The molecular formula is C32H37N5O3. The number of phenolic OH excluding ortho intramolecular Hbond substituents is 1. The summed E-state index contributed by atoms with van der Waals surface area (Å²) in [7, 11) is 0. The molecule has 0 aliphatic carbocycles. The zero-order valence-electron chi connectivity index (χ0n) is 23.3. The van der Waals surface area contributed by atoms with Crippen molar-refractivity contribution in [2.45, 2.75) is 64.3 Å². The van der Waals surface area contributed by atoms with Crippen LogP contribution in [0.1, 0.15) is 56.9 Å². The highest BCUT2D eigenvalue weighted by molar-refractivity contribution is 5.97. The predicted octanol–water partition coefficient (Wildman–Crippen LogP) is 4.86. The van der Waals surface area contributed by atoms with Gasteiger partial charge in [-0.15, -0.1) is 0 Å². The Hall–Kier alpha value is -4.30. The number of imide groups is 1. The number of amides is 2. The fourth-order valence-electron chi connectivity index (χ4n) is 4.44. The van der Waals surface area contributed by atoms with E-state index in [1.807, 2.05) is 16.8 Å². The molecule has 2 amide bonds. The van der Waals surface area contributed by atoms with E-state index >= 15 is 0 Å². The van der Waals surface area contributed by atoms with Gasteiger partial charge in [0.2, 0.25) is 11.8 Å². The fourth-order valence-corrected chi connectivity index (χ4v) is 4.44. The summed E-state index contributed by atoms with van der Waals surface area (Å²) in [6.45, 7) is 6.58. The molecule has 0 saturated heterocycles. The maximum atomic E-state index is 12.3. The number of unbranched alkanes of at least 4 members (excludes halogenated alkanes) is 1. The van der Waals surface area contributed by atoms with Gasteiger partial charge in [0.1, 0.15) is 5.75 Å². The molecule has 1 unspecified atom stereocenters. The summed E-state index contributed by atoms with van der Waals surface area (Å²) < 4.78 is 1.96. The van der Waals surface area contributed by atoms with Crippen molar-refractivity contribution < 1.29 is 14.7 Å². The molecule has 0 fully saturated rings. The van der Waals surface area contributed by atoms with Gasteiger partial charge in [-0.1, -0.05) is 45.0 Å². The van der Waals surface area contributed by atoms with Crippen molar-refractivity contribution in [1.82, 2.24) is 20.1 Å². The second kappa shape index (κ2) is 12.7. The lowest BCUT2D eigenvalue weighted by Crippen LogP contribution is -2.44. The zero-order valence-corrected chi connectivity index (χ0v) is 23.3. The molecule has 0 aliphatic rings. The van der Waals surface area contributed by atoms with Crippen molar-refractivity contribution in [2.24, 2.45) is 5.73 Å². The number of hydrogen-bond donors (Lipinski definition) is 3. The third kappa shape index (κ3) is 7.64. The topological polar surface area (TPSA) is 123 Å². The number of nitrogens with one attached hydrogen (secondary N) is 1. The standard InChI is InChI=1S/C32H37N5O3/c1-32(2,3)24-10-12-26(13-11-24)37-29(23-16-18-34-19-17-23)21-25(36-37)6-4-5-7-30(39)35-31(40)28(33)20-22-8-14-27(38)15-9-22/h8-19,21,28,38H,4-7,20,33H2,1-3H3,(H,35,39,40). The molecule has 0 saturated carbocycles. The van der Waals surface area contributed by atoms with Gasteiger partial charge < -0.3 is 10.8 Å². The lowest BCUT2D eigenvalue weighted by atomic mass is 9.87. The third-order valence-electron chi connectivity index (χ3n) is 6.79. The van der Waals surface area contributed by atoms with E-state index in [2.05, 4.69) is 61.4 Å². The van der Waals surface area contributed by atoms with Crippen LogP contribution in [0.4, 0.5) is 0 Å². The van der Waals surface area contributed by atoms with Crippen molar-refractivity contribution in [1.29, 1.82) is 0 Å². The van der Waals surface area contributed by atoms with Crippen LogP contribution in [0.3, 0.4) is 0 Å². The molecule has 4 N–H and O–H groups in total. The Bertz CT molecular complexity index is 1420. The Morgan fingerprint density at radius 1 is 0.975 bits per heavy atom. The summed E-state index contributed by atoms with van der Waals surface area (Å²) in [4.78, 5) is 28.8. The number of carbonyl (C=O) groups excluding carboxylic acids is 2. The van der Waals surface area contributed by atoms with Crippen molar-refractivity contribution >= 4 is 11.8 Å². The predicted molar refractivity (Wildman–Crippen MR) is 156 cm³/mol. The quantitative estimate of drug-likeness (QED) is 0.247. The molecule has 4 aromatic rings. The van der Waals surface area contributed by atoms with Gasteiger partial charge in [-0.2, -0.15) is 5.10 Å². The molecule has 0 radical (unpaired) electrons. The van der Waals surface area contributed by atoms with Gasteiger partial charge in [-0.3, -0.25) is 19.9 Å². The number of aryl methyl sites for hydroxylation is 1. The molecule has 8 nitrogen and oxygen atoms in total. The van der Waals surface area contributed by atoms with Gasteiger partial charge >= 0.3 is 0 Å². The summed E-state index contributed by atoms with van der Waals surface area (Å²) in [6, 6.07) is 20.1. The second-order valence-electron chi connectivity index (χ2n) is 11.1. The average Bonchev–Trinajstić information content (AvgIpc) is 3.36. The number of phenols is 1. The summed E-state index contributed by atoms with van der Waals surface area (Å²) in [5.41, 5.74) is 12.0. The maximum Gasteiger partial charge on any atom is 0.243 e. The Balaban J connectivity index is 1.34. The van der Waals surface area contributed by atoms with Gasteiger partial charge in [0.15, 0.2) is 0 Å². The smallest absolute Gasteiger partial charge is 0.243 e. The van der Waals surface area contributed by atoms with Gasteiger partial charge in [0.05, 0.1) is 23.1 Å². The van der Waals surface area contributed by atoms with Crippen molar-refractivity contribution in [3.63, 3.8) is 0 Å². The molecule has 8 heteroatoms. The van der Waals surface area contributed by atoms with E-state index < -0.39 is 11.9 Å². The summed E-state index contributed by atoms with van der Waals surface area (Å²) in [5, 5.41) is 16.7. The third-order valence-corrected chi connectivity index (χ3v) is 6.79. The Kier molecular flexibility index (Phi) is 9.11. The Morgan fingerprint density at radius 3 is 2.30 bits per heavy atom. The van der Waals surface area contributed by atoms with Crippen molar-refractivity contribution in [3.8, 4) is 22.7 Å². The number of aromatic hydroxyl groups is 1. The van der Waals surface area contributed by atoms with Gasteiger partial charge in [0, 0.05) is 24.4 Å². The van der Waals surface area contributed by atoms with Gasteiger partial charge in [-0.05, 0) is 84.7 Å². The van der Waals surface area contributed by atoms with E-state index in [4.69, 9.17) is 10.8 Å². The highest BCUT2D eigenvalue weighted by Crippen LogP contribution is 2.27. The first-order valence-electron chi connectivity index (χ1n) is 13.6. The molecule has 4 rings (SSSR count). The van der Waals surface area contributed by atoms with Crippen LogP contribution < -0.4 is 11.1 Å². The van der Waals surface area contributed by atoms with E-state index in [1.165, 1.54) is 17.7 Å². The fraction of sp³-hybridized carbons (Fsp3) is 0.312. The Labute approximate surface area is 235 Å². The monoisotopic (exact) mass is 539 g/mol.